The minimum Gasteiger partial charge on any atom is -0.393 e. The third kappa shape index (κ3) is 4.54. The highest BCUT2D eigenvalue weighted by atomic mass is 16.3. The van der Waals surface area contributed by atoms with Gasteiger partial charge in [0.1, 0.15) is 0 Å². The summed E-state index contributed by atoms with van der Waals surface area (Å²) in [5.41, 5.74) is 0.857. The Labute approximate surface area is 126 Å². The number of aliphatic hydroxyl groups is 1. The molecule has 0 aromatic carbocycles. The molecule has 1 saturated heterocycles. The number of likely N-dealkylation sites (N-methyl/N-ethyl adjacent to an activating group) is 1. The molecule has 0 aliphatic carbocycles. The van der Waals surface area contributed by atoms with E-state index < -0.39 is 0 Å². The minimum atomic E-state index is -0.273. The smallest absolute Gasteiger partial charge is 0.268 e. The van der Waals surface area contributed by atoms with Crippen molar-refractivity contribution in [1.29, 1.82) is 0 Å². The minimum absolute atomic E-state index is 0.0579. The maximum atomic E-state index is 12.1. The van der Waals surface area contributed by atoms with Crippen molar-refractivity contribution < 1.29 is 5.11 Å². The molecule has 1 aliphatic rings. The maximum Gasteiger partial charge on any atom is 0.268 e. The molecular formula is C15H26N4O2. The van der Waals surface area contributed by atoms with Gasteiger partial charge >= 0.3 is 0 Å². The first-order valence-corrected chi connectivity index (χ1v) is 7.79. The van der Waals surface area contributed by atoms with Gasteiger partial charge in [0.2, 0.25) is 0 Å². The fourth-order valence-electron chi connectivity index (χ4n) is 2.51. The Balaban J connectivity index is 1.93. The number of aromatic nitrogens is 2. The Morgan fingerprint density at radius 2 is 2.05 bits per heavy atom. The Kier molecular flexibility index (Phi) is 5.76. The third-order valence-electron chi connectivity index (χ3n) is 4.10. The zero-order valence-corrected chi connectivity index (χ0v) is 13.0. The van der Waals surface area contributed by atoms with E-state index in [1.807, 2.05) is 6.92 Å². The van der Waals surface area contributed by atoms with Gasteiger partial charge in [0.05, 0.1) is 18.0 Å². The average Bonchev–Trinajstić information content (AvgIpc) is 2.49. The van der Waals surface area contributed by atoms with Crippen molar-refractivity contribution in [2.24, 2.45) is 0 Å². The summed E-state index contributed by atoms with van der Waals surface area (Å²) in [5.74, 6) is 0. The number of hydrogen-bond acceptors (Lipinski definition) is 5. The quantitative estimate of drug-likeness (QED) is 0.830. The second-order valence-electron chi connectivity index (χ2n) is 5.77. The van der Waals surface area contributed by atoms with Gasteiger partial charge in [0.25, 0.3) is 5.56 Å². The summed E-state index contributed by atoms with van der Waals surface area (Å²) in [4.78, 5) is 16.6. The average molecular weight is 294 g/mol. The van der Waals surface area contributed by atoms with Gasteiger partial charge in [0, 0.05) is 38.8 Å². The van der Waals surface area contributed by atoms with E-state index in [0.29, 0.717) is 13.0 Å². The lowest BCUT2D eigenvalue weighted by Gasteiger charge is -2.33. The van der Waals surface area contributed by atoms with Crippen molar-refractivity contribution in [3.63, 3.8) is 0 Å². The standard InChI is InChI=1S/C15H26N4O2/c1-3-14(20)5-4-6-19-15(21)11-13(12-16-19)18-9-7-17(2)8-10-18/h11-12,14,20H,3-10H2,1-2H3. The number of aryl methyl sites for hydroxylation is 1. The van der Waals surface area contributed by atoms with Crippen molar-refractivity contribution in [2.75, 3.05) is 38.1 Å². The highest BCUT2D eigenvalue weighted by Crippen LogP contribution is 2.12. The summed E-state index contributed by atoms with van der Waals surface area (Å²) in [6, 6.07) is 1.68. The molecule has 0 amide bonds. The lowest BCUT2D eigenvalue weighted by Crippen LogP contribution is -2.45. The normalized spacial score (nSPS) is 18.0. The van der Waals surface area contributed by atoms with Gasteiger partial charge in [0.15, 0.2) is 0 Å². The molecule has 6 heteroatoms. The first-order chi connectivity index (χ1) is 10.1. The molecule has 1 unspecified atom stereocenters. The number of anilines is 1. The summed E-state index contributed by atoms with van der Waals surface area (Å²) in [6.45, 7) is 6.42. The van der Waals surface area contributed by atoms with Gasteiger partial charge < -0.3 is 14.9 Å². The van der Waals surface area contributed by atoms with Crippen LogP contribution in [0.1, 0.15) is 26.2 Å². The van der Waals surface area contributed by atoms with Crippen LogP contribution in [-0.4, -0.2) is 59.1 Å². The number of rotatable bonds is 6. The molecule has 1 atom stereocenters. The zero-order chi connectivity index (χ0) is 15.2. The summed E-state index contributed by atoms with van der Waals surface area (Å²) >= 11 is 0. The first-order valence-electron chi connectivity index (χ1n) is 7.79. The van der Waals surface area contributed by atoms with Crippen molar-refractivity contribution in [1.82, 2.24) is 14.7 Å². The van der Waals surface area contributed by atoms with Crippen LogP contribution < -0.4 is 10.5 Å². The molecule has 0 saturated carbocycles. The van der Waals surface area contributed by atoms with Crippen LogP contribution in [0.3, 0.4) is 0 Å². The number of piperazine rings is 1. The van der Waals surface area contributed by atoms with Crippen LogP contribution in [0.2, 0.25) is 0 Å². The van der Waals surface area contributed by atoms with Crippen LogP contribution in [0.15, 0.2) is 17.1 Å². The lowest BCUT2D eigenvalue weighted by atomic mass is 10.1. The summed E-state index contributed by atoms with van der Waals surface area (Å²) in [6.07, 6.45) is 3.75. The monoisotopic (exact) mass is 294 g/mol. The SMILES string of the molecule is CCC(O)CCCn1ncc(N2CCN(C)CC2)cc1=O. The topological polar surface area (TPSA) is 61.6 Å². The predicted molar refractivity (Wildman–Crippen MR) is 83.7 cm³/mol. The van der Waals surface area contributed by atoms with Crippen molar-refractivity contribution in [3.8, 4) is 0 Å². The van der Waals surface area contributed by atoms with E-state index in [4.69, 9.17) is 0 Å². The zero-order valence-electron chi connectivity index (χ0n) is 13.0. The molecule has 0 spiro atoms. The van der Waals surface area contributed by atoms with E-state index in [2.05, 4.69) is 21.9 Å². The summed E-state index contributed by atoms with van der Waals surface area (Å²) in [5, 5.41) is 13.8. The molecular weight excluding hydrogens is 268 g/mol. The van der Waals surface area contributed by atoms with Crippen LogP contribution in [-0.2, 0) is 6.54 Å². The van der Waals surface area contributed by atoms with E-state index >= 15 is 0 Å². The molecule has 0 radical (unpaired) electrons. The van der Waals surface area contributed by atoms with Gasteiger partial charge in [-0.1, -0.05) is 6.92 Å². The largest absolute Gasteiger partial charge is 0.393 e. The van der Waals surface area contributed by atoms with Crippen LogP contribution in [0.25, 0.3) is 0 Å². The second-order valence-corrected chi connectivity index (χ2v) is 5.77. The van der Waals surface area contributed by atoms with Gasteiger partial charge in [-0.05, 0) is 26.3 Å². The van der Waals surface area contributed by atoms with Crippen LogP contribution in [0.5, 0.6) is 0 Å². The third-order valence-corrected chi connectivity index (χ3v) is 4.10. The van der Waals surface area contributed by atoms with Crippen LogP contribution in [0.4, 0.5) is 5.69 Å². The van der Waals surface area contributed by atoms with Crippen LogP contribution in [0, 0.1) is 0 Å². The Morgan fingerprint density at radius 1 is 1.33 bits per heavy atom. The van der Waals surface area contributed by atoms with E-state index in [9.17, 15) is 9.90 Å². The molecule has 2 heterocycles. The van der Waals surface area contributed by atoms with Crippen LogP contribution >= 0.6 is 0 Å². The molecule has 1 aliphatic heterocycles. The van der Waals surface area contributed by atoms with Crippen molar-refractivity contribution >= 4 is 5.69 Å². The van der Waals surface area contributed by atoms with E-state index in [1.54, 1.807) is 12.3 Å². The fraction of sp³-hybridized carbons (Fsp3) is 0.733. The molecule has 1 aromatic heterocycles. The molecule has 0 bridgehead atoms. The maximum absolute atomic E-state index is 12.1. The van der Waals surface area contributed by atoms with Gasteiger partial charge in [-0.2, -0.15) is 5.10 Å². The summed E-state index contributed by atoms with van der Waals surface area (Å²) < 4.78 is 1.49. The number of nitrogens with zero attached hydrogens (tertiary/aromatic N) is 4. The van der Waals surface area contributed by atoms with Crippen molar-refractivity contribution in [3.05, 3.63) is 22.6 Å². The molecule has 2 rings (SSSR count). The van der Waals surface area contributed by atoms with Gasteiger partial charge in [-0.3, -0.25) is 4.79 Å². The second kappa shape index (κ2) is 7.56. The predicted octanol–water partition coefficient (Wildman–Crippen LogP) is 0.546. The van der Waals surface area contributed by atoms with Crippen molar-refractivity contribution in [2.45, 2.75) is 38.8 Å². The summed E-state index contributed by atoms with van der Waals surface area (Å²) in [7, 11) is 2.11. The number of aliphatic hydroxyl groups excluding tert-OH is 1. The first kappa shape index (κ1) is 16.0. The van der Waals surface area contributed by atoms with E-state index in [-0.39, 0.29) is 11.7 Å². The van der Waals surface area contributed by atoms with E-state index in [0.717, 1.165) is 44.7 Å². The number of hydrogen-bond donors (Lipinski definition) is 1. The van der Waals surface area contributed by atoms with Gasteiger partial charge in [-0.25, -0.2) is 4.68 Å². The Bertz CT molecular complexity index is 495. The van der Waals surface area contributed by atoms with E-state index in [1.165, 1.54) is 4.68 Å². The molecule has 1 aromatic rings. The lowest BCUT2D eigenvalue weighted by molar-refractivity contribution is 0.155. The van der Waals surface area contributed by atoms with Gasteiger partial charge in [-0.15, -0.1) is 0 Å². The highest BCUT2D eigenvalue weighted by Gasteiger charge is 2.15. The molecule has 1 fully saturated rings. The molecule has 1 N–H and O–H groups in total. The molecule has 21 heavy (non-hydrogen) atoms. The Hall–Kier alpha value is -1.40. The fourth-order valence-corrected chi connectivity index (χ4v) is 2.51. The molecule has 6 nitrogen and oxygen atoms in total. The Morgan fingerprint density at radius 3 is 2.67 bits per heavy atom. The highest BCUT2D eigenvalue weighted by molar-refractivity contribution is 5.43. The molecule has 118 valence electrons.